The van der Waals surface area contributed by atoms with Crippen LogP contribution in [0.15, 0.2) is 10.2 Å². The summed E-state index contributed by atoms with van der Waals surface area (Å²) in [6, 6.07) is 0. The van der Waals surface area contributed by atoms with E-state index in [1.165, 1.54) is 12.8 Å². The van der Waals surface area contributed by atoms with E-state index in [4.69, 9.17) is 5.26 Å². The number of azo groups is 1. The van der Waals surface area contributed by atoms with Crippen molar-refractivity contribution >= 4 is 0 Å². The first-order chi connectivity index (χ1) is 6.99. The highest BCUT2D eigenvalue weighted by atomic mass is 17.1. The van der Waals surface area contributed by atoms with Gasteiger partial charge in [0.1, 0.15) is 0 Å². The average molecular weight is 216 g/mol. The molecule has 0 aliphatic rings. The zero-order chi connectivity index (χ0) is 11.7. The highest BCUT2D eigenvalue weighted by Crippen LogP contribution is 2.13. The summed E-state index contributed by atoms with van der Waals surface area (Å²) in [5.41, 5.74) is -0.208. The van der Waals surface area contributed by atoms with E-state index < -0.39 is 6.23 Å². The molecule has 90 valence electrons. The van der Waals surface area contributed by atoms with Crippen molar-refractivity contribution in [2.45, 2.75) is 71.6 Å². The van der Waals surface area contributed by atoms with Crippen LogP contribution in [0.4, 0.5) is 0 Å². The second kappa shape index (κ2) is 7.77. The number of hydrogen-bond donors (Lipinski definition) is 1. The van der Waals surface area contributed by atoms with Gasteiger partial charge in [0.05, 0.1) is 5.54 Å². The molecule has 4 heteroatoms. The maximum Gasteiger partial charge on any atom is 0.202 e. The monoisotopic (exact) mass is 216 g/mol. The van der Waals surface area contributed by atoms with Gasteiger partial charge in [-0.05, 0) is 33.6 Å². The third-order valence-corrected chi connectivity index (χ3v) is 1.91. The molecule has 0 amide bonds. The van der Waals surface area contributed by atoms with Gasteiger partial charge in [0.2, 0.25) is 6.23 Å². The molecule has 0 aromatic carbocycles. The van der Waals surface area contributed by atoms with Gasteiger partial charge in [0, 0.05) is 0 Å². The molecule has 15 heavy (non-hydrogen) atoms. The Bertz CT molecular complexity index is 176. The van der Waals surface area contributed by atoms with Crippen molar-refractivity contribution in [1.82, 2.24) is 0 Å². The lowest BCUT2D eigenvalue weighted by molar-refractivity contribution is -0.279. The Morgan fingerprint density at radius 2 is 1.87 bits per heavy atom. The molecule has 0 aliphatic heterocycles. The summed E-state index contributed by atoms with van der Waals surface area (Å²) in [5, 5.41) is 16.7. The van der Waals surface area contributed by atoms with Gasteiger partial charge in [-0.2, -0.15) is 10.2 Å². The van der Waals surface area contributed by atoms with Crippen molar-refractivity contribution in [2.75, 3.05) is 0 Å². The van der Waals surface area contributed by atoms with Crippen LogP contribution in [0.5, 0.6) is 0 Å². The molecule has 0 aliphatic carbocycles. The number of hydrogen-bond acceptors (Lipinski definition) is 4. The summed E-state index contributed by atoms with van der Waals surface area (Å²) in [6.45, 7) is 8.05. The van der Waals surface area contributed by atoms with E-state index in [1.54, 1.807) is 0 Å². The summed E-state index contributed by atoms with van der Waals surface area (Å²) in [7, 11) is 0. The molecular weight excluding hydrogens is 192 g/mol. The maximum absolute atomic E-state index is 8.63. The van der Waals surface area contributed by atoms with E-state index >= 15 is 0 Å². The van der Waals surface area contributed by atoms with Crippen molar-refractivity contribution in [3.8, 4) is 0 Å². The molecule has 0 rings (SSSR count). The smallest absolute Gasteiger partial charge is 0.202 e. The van der Waals surface area contributed by atoms with Crippen LogP contribution in [0.3, 0.4) is 0 Å². The quantitative estimate of drug-likeness (QED) is 0.302. The number of rotatable bonds is 7. The van der Waals surface area contributed by atoms with E-state index in [9.17, 15) is 0 Å². The van der Waals surface area contributed by atoms with Crippen LogP contribution >= 0.6 is 0 Å². The summed E-state index contributed by atoms with van der Waals surface area (Å²) in [5.74, 6) is 0. The van der Waals surface area contributed by atoms with Crippen molar-refractivity contribution in [1.29, 1.82) is 0 Å². The Hall–Kier alpha value is -0.480. The lowest BCUT2D eigenvalue weighted by Crippen LogP contribution is -2.12. The highest BCUT2D eigenvalue weighted by Gasteiger charge is 2.11. The first-order valence-electron chi connectivity index (χ1n) is 5.72. The molecule has 0 aromatic heterocycles. The standard InChI is InChI=1S/C11H24N2O2/c1-5-6-7-8-9-10(15-14)12-13-11(2,3)4/h10,14H,5-9H2,1-4H3. The fourth-order valence-electron chi connectivity index (χ4n) is 1.11. The molecule has 0 aromatic rings. The molecular formula is C11H24N2O2. The molecule has 0 saturated carbocycles. The normalized spacial score (nSPS) is 14.7. The fourth-order valence-corrected chi connectivity index (χ4v) is 1.11. The van der Waals surface area contributed by atoms with E-state index in [0.717, 1.165) is 19.3 Å². The van der Waals surface area contributed by atoms with Gasteiger partial charge in [-0.3, -0.25) is 0 Å². The average Bonchev–Trinajstić information content (AvgIpc) is 2.15. The molecule has 0 radical (unpaired) electrons. The minimum absolute atomic E-state index is 0.208. The van der Waals surface area contributed by atoms with Crippen LogP contribution in [0, 0.1) is 0 Å². The van der Waals surface area contributed by atoms with E-state index in [1.807, 2.05) is 20.8 Å². The largest absolute Gasteiger partial charge is 0.250 e. The summed E-state index contributed by atoms with van der Waals surface area (Å²) in [6.07, 6.45) is 4.82. The van der Waals surface area contributed by atoms with Crippen LogP contribution in [0.1, 0.15) is 59.8 Å². The lowest BCUT2D eigenvalue weighted by atomic mass is 10.1. The topological polar surface area (TPSA) is 54.2 Å². The third kappa shape index (κ3) is 9.82. The predicted molar refractivity (Wildman–Crippen MR) is 60.9 cm³/mol. The van der Waals surface area contributed by atoms with Crippen molar-refractivity contribution < 1.29 is 10.1 Å². The molecule has 1 atom stereocenters. The Morgan fingerprint density at radius 1 is 1.20 bits per heavy atom. The molecule has 0 bridgehead atoms. The summed E-state index contributed by atoms with van der Waals surface area (Å²) >= 11 is 0. The van der Waals surface area contributed by atoms with Gasteiger partial charge in [-0.1, -0.05) is 26.2 Å². The molecule has 0 saturated heterocycles. The van der Waals surface area contributed by atoms with Gasteiger partial charge in [-0.25, -0.2) is 10.1 Å². The summed E-state index contributed by atoms with van der Waals surface area (Å²) < 4.78 is 0. The minimum Gasteiger partial charge on any atom is -0.250 e. The zero-order valence-electron chi connectivity index (χ0n) is 10.4. The number of nitrogens with zero attached hydrogens (tertiary/aromatic N) is 2. The van der Waals surface area contributed by atoms with Gasteiger partial charge in [0.15, 0.2) is 0 Å². The van der Waals surface area contributed by atoms with Crippen molar-refractivity contribution in [3.05, 3.63) is 0 Å². The van der Waals surface area contributed by atoms with Crippen LogP contribution < -0.4 is 0 Å². The van der Waals surface area contributed by atoms with Crippen molar-refractivity contribution in [3.63, 3.8) is 0 Å². The van der Waals surface area contributed by atoms with Crippen LogP contribution in [0.25, 0.3) is 0 Å². The Labute approximate surface area is 92.7 Å². The molecule has 0 spiro atoms. The Balaban J connectivity index is 3.78. The van der Waals surface area contributed by atoms with E-state index in [2.05, 4.69) is 22.0 Å². The first-order valence-corrected chi connectivity index (χ1v) is 5.72. The van der Waals surface area contributed by atoms with Gasteiger partial charge in [0.25, 0.3) is 0 Å². The molecule has 0 fully saturated rings. The zero-order valence-corrected chi connectivity index (χ0v) is 10.4. The number of unbranched alkanes of at least 4 members (excludes halogenated alkanes) is 3. The van der Waals surface area contributed by atoms with Crippen molar-refractivity contribution in [2.24, 2.45) is 10.2 Å². The second-order valence-electron chi connectivity index (χ2n) is 4.80. The maximum atomic E-state index is 8.63. The molecule has 4 nitrogen and oxygen atoms in total. The highest BCUT2D eigenvalue weighted by molar-refractivity contribution is 4.67. The van der Waals surface area contributed by atoms with E-state index in [-0.39, 0.29) is 5.54 Å². The Morgan fingerprint density at radius 3 is 2.33 bits per heavy atom. The molecule has 0 heterocycles. The molecule has 1 unspecified atom stereocenters. The van der Waals surface area contributed by atoms with Gasteiger partial charge < -0.3 is 0 Å². The van der Waals surface area contributed by atoms with E-state index in [0.29, 0.717) is 0 Å². The van der Waals surface area contributed by atoms with Gasteiger partial charge >= 0.3 is 0 Å². The molecule has 1 N–H and O–H groups in total. The Kier molecular flexibility index (Phi) is 7.52. The van der Waals surface area contributed by atoms with Gasteiger partial charge in [-0.15, -0.1) is 0 Å². The second-order valence-corrected chi connectivity index (χ2v) is 4.80. The first kappa shape index (κ1) is 14.5. The van der Waals surface area contributed by atoms with Crippen LogP contribution in [-0.2, 0) is 4.89 Å². The lowest BCUT2D eigenvalue weighted by Gasteiger charge is -2.12. The fraction of sp³-hybridized carbons (Fsp3) is 1.00. The van der Waals surface area contributed by atoms with Crippen LogP contribution in [-0.4, -0.2) is 17.0 Å². The SMILES string of the molecule is CCCCCCC(N=NC(C)(C)C)OO. The van der Waals surface area contributed by atoms with Crippen LogP contribution in [0.2, 0.25) is 0 Å². The predicted octanol–water partition coefficient (Wildman–Crippen LogP) is 4.02. The minimum atomic E-state index is -0.499. The summed E-state index contributed by atoms with van der Waals surface area (Å²) in [4.78, 5) is 4.27. The third-order valence-electron chi connectivity index (χ3n) is 1.91.